The first-order valence-corrected chi connectivity index (χ1v) is 5.73. The lowest BCUT2D eigenvalue weighted by Gasteiger charge is -2.17. The number of benzene rings is 1. The molecule has 1 amide bonds. The van der Waals surface area contributed by atoms with Gasteiger partial charge in [-0.3, -0.25) is 0 Å². The summed E-state index contributed by atoms with van der Waals surface area (Å²) in [5, 5.41) is 0. The van der Waals surface area contributed by atoms with Crippen molar-refractivity contribution >= 4 is 6.09 Å². The van der Waals surface area contributed by atoms with Gasteiger partial charge >= 0.3 is 6.09 Å². The number of amides is 1. The molecule has 0 aliphatic rings. The first-order chi connectivity index (χ1) is 7.77. The molecule has 0 bridgehead atoms. The monoisotopic (exact) mass is 221 g/mol. The molecule has 88 valence electrons. The molecule has 1 aromatic rings. The lowest BCUT2D eigenvalue weighted by Crippen LogP contribution is -2.31. The van der Waals surface area contributed by atoms with Crippen LogP contribution in [0.15, 0.2) is 30.3 Å². The molecule has 0 aliphatic carbocycles. The Morgan fingerprint density at radius 2 is 1.81 bits per heavy atom. The molecular weight excluding hydrogens is 202 g/mol. The highest BCUT2D eigenvalue weighted by Crippen LogP contribution is 2.01. The summed E-state index contributed by atoms with van der Waals surface area (Å²) < 4.78 is 5.18. The number of carbonyl (C=O) groups excluding carboxylic acids is 1. The van der Waals surface area contributed by atoms with Gasteiger partial charge in [-0.25, -0.2) is 4.79 Å². The first kappa shape index (κ1) is 12.6. The van der Waals surface area contributed by atoms with Crippen molar-refractivity contribution in [1.29, 1.82) is 0 Å². The molecule has 0 fully saturated rings. The molecule has 1 aromatic carbocycles. The summed E-state index contributed by atoms with van der Waals surface area (Å²) >= 11 is 0. The molecule has 1 rings (SSSR count). The van der Waals surface area contributed by atoms with Crippen LogP contribution in [0.4, 0.5) is 4.79 Å². The lowest BCUT2D eigenvalue weighted by atomic mass is 10.2. The Hall–Kier alpha value is -1.51. The van der Waals surface area contributed by atoms with E-state index >= 15 is 0 Å². The highest BCUT2D eigenvalue weighted by Gasteiger charge is 2.09. The van der Waals surface area contributed by atoms with E-state index in [-0.39, 0.29) is 6.09 Å². The topological polar surface area (TPSA) is 29.5 Å². The van der Waals surface area contributed by atoms with E-state index < -0.39 is 0 Å². The second-order valence-electron chi connectivity index (χ2n) is 3.52. The molecule has 0 atom stereocenters. The summed E-state index contributed by atoms with van der Waals surface area (Å²) in [6.45, 7) is 5.73. The maximum atomic E-state index is 11.5. The van der Waals surface area contributed by atoms with E-state index in [0.717, 1.165) is 6.42 Å². The fraction of sp³-hybridized carbons (Fsp3) is 0.462. The minimum Gasteiger partial charge on any atom is -0.449 e. The van der Waals surface area contributed by atoms with Crippen molar-refractivity contribution in [1.82, 2.24) is 4.90 Å². The third-order valence-electron chi connectivity index (χ3n) is 2.48. The van der Waals surface area contributed by atoms with Crippen molar-refractivity contribution in [3.8, 4) is 0 Å². The number of nitrogens with zero attached hydrogens (tertiary/aromatic N) is 1. The van der Waals surface area contributed by atoms with Crippen molar-refractivity contribution in [2.75, 3.05) is 19.7 Å². The number of rotatable bonds is 5. The molecule has 3 nitrogen and oxygen atoms in total. The number of hydrogen-bond donors (Lipinski definition) is 0. The number of carbonyl (C=O) groups is 1. The minimum atomic E-state index is -0.221. The molecule has 0 aromatic heterocycles. The predicted molar refractivity (Wildman–Crippen MR) is 64.4 cm³/mol. The SMILES string of the molecule is CCN(CC)C(=O)OCCc1ccccc1. The zero-order valence-electron chi connectivity index (χ0n) is 9.98. The first-order valence-electron chi connectivity index (χ1n) is 5.73. The van der Waals surface area contributed by atoms with Crippen LogP contribution in [0.5, 0.6) is 0 Å². The maximum Gasteiger partial charge on any atom is 0.409 e. The van der Waals surface area contributed by atoms with E-state index in [1.807, 2.05) is 44.2 Å². The zero-order chi connectivity index (χ0) is 11.8. The van der Waals surface area contributed by atoms with Gasteiger partial charge in [-0.2, -0.15) is 0 Å². The Morgan fingerprint density at radius 1 is 1.19 bits per heavy atom. The second-order valence-corrected chi connectivity index (χ2v) is 3.52. The summed E-state index contributed by atoms with van der Waals surface area (Å²) in [4.78, 5) is 13.2. The lowest BCUT2D eigenvalue weighted by molar-refractivity contribution is 0.107. The zero-order valence-corrected chi connectivity index (χ0v) is 9.98. The molecule has 0 radical (unpaired) electrons. The summed E-state index contributed by atoms with van der Waals surface area (Å²) in [6, 6.07) is 10.0. The van der Waals surface area contributed by atoms with Gasteiger partial charge in [-0.05, 0) is 19.4 Å². The van der Waals surface area contributed by atoms with Crippen LogP contribution in [-0.2, 0) is 11.2 Å². The Kier molecular flexibility index (Phi) is 5.40. The van der Waals surface area contributed by atoms with Crippen LogP contribution in [0.2, 0.25) is 0 Å². The Bertz CT molecular complexity index is 307. The average Bonchev–Trinajstić information content (AvgIpc) is 2.32. The van der Waals surface area contributed by atoms with Crippen molar-refractivity contribution in [3.05, 3.63) is 35.9 Å². The largest absolute Gasteiger partial charge is 0.449 e. The summed E-state index contributed by atoms with van der Waals surface area (Å²) in [7, 11) is 0. The molecule has 0 aliphatic heterocycles. The second kappa shape index (κ2) is 6.88. The van der Waals surface area contributed by atoms with Crippen molar-refractivity contribution in [2.24, 2.45) is 0 Å². The summed E-state index contributed by atoms with van der Waals surface area (Å²) in [5.74, 6) is 0. The van der Waals surface area contributed by atoms with E-state index in [1.54, 1.807) is 4.90 Å². The molecule has 16 heavy (non-hydrogen) atoms. The quantitative estimate of drug-likeness (QED) is 0.765. The Labute approximate surface area is 97.0 Å². The molecule has 0 N–H and O–H groups in total. The Balaban J connectivity index is 2.28. The van der Waals surface area contributed by atoms with Crippen LogP contribution < -0.4 is 0 Å². The smallest absolute Gasteiger partial charge is 0.409 e. The number of hydrogen-bond acceptors (Lipinski definition) is 2. The van der Waals surface area contributed by atoms with Gasteiger partial charge in [0.1, 0.15) is 0 Å². The normalized spacial score (nSPS) is 9.88. The van der Waals surface area contributed by atoms with Gasteiger partial charge in [-0.15, -0.1) is 0 Å². The third-order valence-corrected chi connectivity index (χ3v) is 2.48. The van der Waals surface area contributed by atoms with E-state index in [0.29, 0.717) is 19.7 Å². The molecule has 0 saturated carbocycles. The predicted octanol–water partition coefficient (Wildman–Crippen LogP) is 2.71. The van der Waals surface area contributed by atoms with Crippen LogP contribution in [0.25, 0.3) is 0 Å². The van der Waals surface area contributed by atoms with Crippen molar-refractivity contribution in [3.63, 3.8) is 0 Å². The van der Waals surface area contributed by atoms with Gasteiger partial charge < -0.3 is 9.64 Å². The van der Waals surface area contributed by atoms with Gasteiger partial charge in [0, 0.05) is 19.5 Å². The van der Waals surface area contributed by atoms with E-state index in [4.69, 9.17) is 4.74 Å². The fourth-order valence-electron chi connectivity index (χ4n) is 1.47. The molecule has 0 heterocycles. The maximum absolute atomic E-state index is 11.5. The number of ether oxygens (including phenoxy) is 1. The van der Waals surface area contributed by atoms with Crippen LogP contribution in [0, 0.1) is 0 Å². The third kappa shape index (κ3) is 3.93. The molecule has 3 heteroatoms. The molecule has 0 unspecified atom stereocenters. The molecular formula is C13H19NO2. The highest BCUT2D eigenvalue weighted by molar-refractivity contribution is 5.67. The fourth-order valence-corrected chi connectivity index (χ4v) is 1.47. The standard InChI is InChI=1S/C13H19NO2/c1-3-14(4-2)13(15)16-11-10-12-8-6-5-7-9-12/h5-9H,3-4,10-11H2,1-2H3. The van der Waals surface area contributed by atoms with Crippen molar-refractivity contribution < 1.29 is 9.53 Å². The Morgan fingerprint density at radius 3 is 2.38 bits per heavy atom. The van der Waals surface area contributed by atoms with Crippen molar-refractivity contribution in [2.45, 2.75) is 20.3 Å². The van der Waals surface area contributed by atoms with Gasteiger partial charge in [-0.1, -0.05) is 30.3 Å². The minimum absolute atomic E-state index is 0.221. The summed E-state index contributed by atoms with van der Waals surface area (Å²) in [5.41, 5.74) is 1.19. The van der Waals surface area contributed by atoms with Crippen LogP contribution in [-0.4, -0.2) is 30.7 Å². The van der Waals surface area contributed by atoms with Crippen LogP contribution in [0.1, 0.15) is 19.4 Å². The highest BCUT2D eigenvalue weighted by atomic mass is 16.6. The van der Waals surface area contributed by atoms with Crippen LogP contribution in [0.3, 0.4) is 0 Å². The van der Waals surface area contributed by atoms with Crippen LogP contribution >= 0.6 is 0 Å². The van der Waals surface area contributed by atoms with E-state index in [1.165, 1.54) is 5.56 Å². The van der Waals surface area contributed by atoms with E-state index in [9.17, 15) is 4.79 Å². The van der Waals surface area contributed by atoms with Gasteiger partial charge in [0.15, 0.2) is 0 Å². The van der Waals surface area contributed by atoms with Gasteiger partial charge in [0.25, 0.3) is 0 Å². The van der Waals surface area contributed by atoms with Gasteiger partial charge in [0.2, 0.25) is 0 Å². The van der Waals surface area contributed by atoms with Gasteiger partial charge in [0.05, 0.1) is 6.61 Å². The molecule has 0 saturated heterocycles. The average molecular weight is 221 g/mol. The summed E-state index contributed by atoms with van der Waals surface area (Å²) in [6.07, 6.45) is 0.550. The molecule has 0 spiro atoms. The van der Waals surface area contributed by atoms with E-state index in [2.05, 4.69) is 0 Å².